The summed E-state index contributed by atoms with van der Waals surface area (Å²) < 4.78 is 6.02. The molecule has 2 aliphatic rings. The maximum atomic E-state index is 6.02. The van der Waals surface area contributed by atoms with Crippen molar-refractivity contribution in [3.05, 3.63) is 0 Å². The lowest BCUT2D eigenvalue weighted by Crippen LogP contribution is -2.58. The van der Waals surface area contributed by atoms with Gasteiger partial charge in [0.2, 0.25) is 0 Å². The van der Waals surface area contributed by atoms with Gasteiger partial charge in [-0.3, -0.25) is 5.32 Å². The summed E-state index contributed by atoms with van der Waals surface area (Å²) >= 11 is 0. The largest absolute Gasteiger partial charge is 0.360 e. The molecule has 0 aromatic heterocycles. The number of hydrogen-bond acceptors (Lipinski definition) is 3. The monoisotopic (exact) mass is 212 g/mol. The Morgan fingerprint density at radius 1 is 1.33 bits per heavy atom. The van der Waals surface area contributed by atoms with Crippen molar-refractivity contribution in [3.63, 3.8) is 0 Å². The molecule has 0 aromatic carbocycles. The molecule has 2 unspecified atom stereocenters. The third-order valence-corrected chi connectivity index (χ3v) is 3.97. The summed E-state index contributed by atoms with van der Waals surface area (Å²) in [6.45, 7) is 8.90. The number of ether oxygens (including phenoxy) is 1. The van der Waals surface area contributed by atoms with Crippen LogP contribution in [0.4, 0.5) is 0 Å². The number of nitrogens with one attached hydrogen (secondary N) is 1. The molecule has 2 aliphatic heterocycles. The average molecular weight is 212 g/mol. The quantitative estimate of drug-likeness (QED) is 0.709. The van der Waals surface area contributed by atoms with E-state index >= 15 is 0 Å². The normalized spacial score (nSPS) is 40.6. The molecule has 0 aliphatic carbocycles. The van der Waals surface area contributed by atoms with Crippen LogP contribution in [0, 0.1) is 11.8 Å². The van der Waals surface area contributed by atoms with Gasteiger partial charge in [0.05, 0.1) is 6.61 Å². The van der Waals surface area contributed by atoms with Gasteiger partial charge in [-0.2, -0.15) is 0 Å². The Balaban J connectivity index is 1.91. The van der Waals surface area contributed by atoms with Gasteiger partial charge in [-0.25, -0.2) is 0 Å². The van der Waals surface area contributed by atoms with Crippen LogP contribution in [0.1, 0.15) is 26.7 Å². The first-order chi connectivity index (χ1) is 7.10. The van der Waals surface area contributed by atoms with Gasteiger partial charge in [0.1, 0.15) is 5.72 Å². The van der Waals surface area contributed by atoms with Gasteiger partial charge in [-0.1, -0.05) is 6.92 Å². The molecule has 2 rings (SSSR count). The number of hydrogen-bond donors (Lipinski definition) is 1. The molecule has 3 nitrogen and oxygen atoms in total. The van der Waals surface area contributed by atoms with E-state index in [1.54, 1.807) is 0 Å². The molecule has 15 heavy (non-hydrogen) atoms. The van der Waals surface area contributed by atoms with Crippen molar-refractivity contribution in [2.24, 2.45) is 11.8 Å². The maximum Gasteiger partial charge on any atom is 0.119 e. The van der Waals surface area contributed by atoms with Crippen LogP contribution >= 0.6 is 0 Å². The topological polar surface area (TPSA) is 24.5 Å². The van der Waals surface area contributed by atoms with Crippen LogP contribution in [-0.2, 0) is 4.74 Å². The first-order valence-corrected chi connectivity index (χ1v) is 6.18. The Bertz CT molecular complexity index is 204. The molecule has 88 valence electrons. The molecule has 0 aromatic rings. The van der Waals surface area contributed by atoms with Gasteiger partial charge < -0.3 is 9.64 Å². The first-order valence-electron chi connectivity index (χ1n) is 6.18. The average Bonchev–Trinajstić information content (AvgIpc) is 2.24. The standard InChI is InChI=1S/C12H24N2O/c1-10-8-13-12(2,15-9-10)11-4-6-14(3)7-5-11/h10-11,13H,4-9H2,1-3H3. The molecule has 3 heteroatoms. The molecule has 0 radical (unpaired) electrons. The second-order valence-corrected chi connectivity index (χ2v) is 5.48. The molecule has 2 saturated heterocycles. The van der Waals surface area contributed by atoms with Crippen molar-refractivity contribution in [2.45, 2.75) is 32.4 Å². The molecule has 2 fully saturated rings. The van der Waals surface area contributed by atoms with Crippen LogP contribution in [0.2, 0.25) is 0 Å². The van der Waals surface area contributed by atoms with E-state index in [0.29, 0.717) is 11.8 Å². The highest BCUT2D eigenvalue weighted by Crippen LogP contribution is 2.31. The van der Waals surface area contributed by atoms with Crippen LogP contribution in [0.25, 0.3) is 0 Å². The lowest BCUT2D eigenvalue weighted by molar-refractivity contribution is -0.145. The van der Waals surface area contributed by atoms with Gasteiger partial charge in [0, 0.05) is 12.5 Å². The summed E-state index contributed by atoms with van der Waals surface area (Å²) in [6.07, 6.45) is 2.52. The lowest BCUT2D eigenvalue weighted by atomic mass is 9.86. The van der Waals surface area contributed by atoms with Crippen molar-refractivity contribution in [3.8, 4) is 0 Å². The minimum atomic E-state index is -0.0617. The number of rotatable bonds is 1. The molecule has 0 spiro atoms. The predicted molar refractivity (Wildman–Crippen MR) is 61.7 cm³/mol. The van der Waals surface area contributed by atoms with Gasteiger partial charge >= 0.3 is 0 Å². The summed E-state index contributed by atoms with van der Waals surface area (Å²) in [5, 5.41) is 3.59. The Kier molecular flexibility index (Phi) is 3.33. The summed E-state index contributed by atoms with van der Waals surface area (Å²) in [5.41, 5.74) is -0.0617. The Hall–Kier alpha value is -0.120. The fourth-order valence-corrected chi connectivity index (χ4v) is 2.62. The van der Waals surface area contributed by atoms with Crippen molar-refractivity contribution in [1.29, 1.82) is 0 Å². The molecular formula is C12H24N2O. The van der Waals surface area contributed by atoms with E-state index in [4.69, 9.17) is 4.74 Å². The number of likely N-dealkylation sites (tertiary alicyclic amines) is 1. The van der Waals surface area contributed by atoms with E-state index in [1.165, 1.54) is 25.9 Å². The fourth-order valence-electron chi connectivity index (χ4n) is 2.62. The number of nitrogens with zero attached hydrogens (tertiary/aromatic N) is 1. The van der Waals surface area contributed by atoms with E-state index in [9.17, 15) is 0 Å². The molecule has 2 heterocycles. The fraction of sp³-hybridized carbons (Fsp3) is 1.00. The van der Waals surface area contributed by atoms with Crippen molar-refractivity contribution >= 4 is 0 Å². The predicted octanol–water partition coefficient (Wildman–Crippen LogP) is 1.30. The van der Waals surface area contributed by atoms with Gasteiger partial charge in [0.25, 0.3) is 0 Å². The Morgan fingerprint density at radius 2 is 2.00 bits per heavy atom. The van der Waals surface area contributed by atoms with Gasteiger partial charge in [-0.05, 0) is 45.8 Å². The second kappa shape index (κ2) is 4.40. The molecule has 0 bridgehead atoms. The minimum absolute atomic E-state index is 0.0617. The third-order valence-electron chi connectivity index (χ3n) is 3.97. The van der Waals surface area contributed by atoms with Crippen molar-refractivity contribution in [1.82, 2.24) is 10.2 Å². The lowest BCUT2D eigenvalue weighted by Gasteiger charge is -2.45. The Morgan fingerprint density at radius 3 is 2.53 bits per heavy atom. The van der Waals surface area contributed by atoms with E-state index in [-0.39, 0.29) is 5.72 Å². The van der Waals surface area contributed by atoms with E-state index in [0.717, 1.165) is 13.2 Å². The molecule has 0 saturated carbocycles. The smallest absolute Gasteiger partial charge is 0.119 e. The van der Waals surface area contributed by atoms with Crippen LogP contribution < -0.4 is 5.32 Å². The van der Waals surface area contributed by atoms with Crippen LogP contribution in [0.15, 0.2) is 0 Å². The third kappa shape index (κ3) is 2.52. The minimum Gasteiger partial charge on any atom is -0.360 e. The van der Waals surface area contributed by atoms with E-state index in [1.807, 2.05) is 0 Å². The van der Waals surface area contributed by atoms with Crippen molar-refractivity contribution in [2.75, 3.05) is 33.3 Å². The van der Waals surface area contributed by atoms with E-state index < -0.39 is 0 Å². The first kappa shape index (κ1) is 11.4. The maximum absolute atomic E-state index is 6.02. The SMILES string of the molecule is CC1CNC(C)(C2CCN(C)CC2)OC1. The zero-order chi connectivity index (χ0) is 10.9. The van der Waals surface area contributed by atoms with Gasteiger partial charge in [-0.15, -0.1) is 0 Å². The zero-order valence-electron chi connectivity index (χ0n) is 10.3. The summed E-state index contributed by atoms with van der Waals surface area (Å²) in [6, 6.07) is 0. The highest BCUT2D eigenvalue weighted by molar-refractivity contribution is 4.88. The molecule has 0 amide bonds. The van der Waals surface area contributed by atoms with Crippen LogP contribution in [-0.4, -0.2) is 43.9 Å². The molecular weight excluding hydrogens is 188 g/mol. The Labute approximate surface area is 93.2 Å². The van der Waals surface area contributed by atoms with Crippen LogP contribution in [0.3, 0.4) is 0 Å². The van der Waals surface area contributed by atoms with E-state index in [2.05, 4.69) is 31.1 Å². The van der Waals surface area contributed by atoms with Gasteiger partial charge in [0.15, 0.2) is 0 Å². The second-order valence-electron chi connectivity index (χ2n) is 5.48. The summed E-state index contributed by atoms with van der Waals surface area (Å²) in [4.78, 5) is 2.41. The molecule has 1 N–H and O–H groups in total. The van der Waals surface area contributed by atoms with Crippen LogP contribution in [0.5, 0.6) is 0 Å². The highest BCUT2D eigenvalue weighted by Gasteiger charge is 2.39. The molecule has 2 atom stereocenters. The highest BCUT2D eigenvalue weighted by atomic mass is 16.5. The van der Waals surface area contributed by atoms with Crippen molar-refractivity contribution < 1.29 is 4.74 Å². The summed E-state index contributed by atoms with van der Waals surface area (Å²) in [7, 11) is 2.20. The number of piperidine rings is 1. The zero-order valence-corrected chi connectivity index (χ0v) is 10.3. The summed E-state index contributed by atoms with van der Waals surface area (Å²) in [5.74, 6) is 1.34.